The first-order valence-electron chi connectivity index (χ1n) is 5.66. The van der Waals surface area contributed by atoms with Crippen LogP contribution in [0.25, 0.3) is 11.1 Å². The van der Waals surface area contributed by atoms with Crippen LogP contribution in [-0.2, 0) is 4.74 Å². The number of halogens is 5. The molecule has 0 fully saturated rings. The number of carbonyl (C=O) groups is 1. The molecule has 0 aliphatic heterocycles. The molecular formula is C13H7F5N2O2. The summed E-state index contributed by atoms with van der Waals surface area (Å²) < 4.78 is 71.5. The summed E-state index contributed by atoms with van der Waals surface area (Å²) in [6.07, 6.45) is 0. The molecule has 1 aromatic heterocycles. The largest absolute Gasteiger partial charge is 0.464 e. The van der Waals surface area contributed by atoms with Crippen molar-refractivity contribution in [2.24, 2.45) is 0 Å². The normalized spacial score (nSPS) is 10.6. The Labute approximate surface area is 120 Å². The lowest BCUT2D eigenvalue weighted by molar-refractivity contribution is 0.0595. The number of carbonyl (C=O) groups excluding carboxylic acids is 1. The topological polar surface area (TPSA) is 65.2 Å². The highest BCUT2D eigenvalue weighted by atomic mass is 19.2. The van der Waals surface area contributed by atoms with Crippen LogP contribution in [0.5, 0.6) is 0 Å². The number of nitrogens with two attached hydrogens (primary N) is 1. The van der Waals surface area contributed by atoms with Gasteiger partial charge in [0.2, 0.25) is 5.82 Å². The van der Waals surface area contributed by atoms with Crippen molar-refractivity contribution in [3.05, 3.63) is 46.9 Å². The number of rotatable bonds is 2. The Morgan fingerprint density at radius 1 is 1.00 bits per heavy atom. The molecule has 0 aliphatic rings. The predicted molar refractivity (Wildman–Crippen MR) is 65.2 cm³/mol. The molecule has 22 heavy (non-hydrogen) atoms. The predicted octanol–water partition coefficient (Wildman–Crippen LogP) is 2.81. The zero-order valence-electron chi connectivity index (χ0n) is 10.9. The molecule has 1 aromatic carbocycles. The van der Waals surface area contributed by atoms with Crippen LogP contribution >= 0.6 is 0 Å². The summed E-state index contributed by atoms with van der Waals surface area (Å²) in [5.41, 5.74) is 2.75. The van der Waals surface area contributed by atoms with E-state index in [1.165, 1.54) is 0 Å². The van der Waals surface area contributed by atoms with Gasteiger partial charge in [-0.25, -0.2) is 31.7 Å². The lowest BCUT2D eigenvalue weighted by atomic mass is 10.0. The van der Waals surface area contributed by atoms with Gasteiger partial charge in [-0.15, -0.1) is 0 Å². The van der Waals surface area contributed by atoms with Gasteiger partial charge in [0.25, 0.3) is 0 Å². The number of ether oxygens (including phenoxy) is 1. The minimum absolute atomic E-state index is 0.201. The van der Waals surface area contributed by atoms with E-state index in [0.717, 1.165) is 19.2 Å². The highest BCUT2D eigenvalue weighted by Crippen LogP contribution is 2.33. The smallest absolute Gasteiger partial charge is 0.357 e. The van der Waals surface area contributed by atoms with Crippen LogP contribution in [-0.4, -0.2) is 18.1 Å². The molecule has 0 amide bonds. The van der Waals surface area contributed by atoms with E-state index < -0.39 is 51.9 Å². The average Bonchev–Trinajstić information content (AvgIpc) is 2.51. The van der Waals surface area contributed by atoms with E-state index in [0.29, 0.717) is 0 Å². The van der Waals surface area contributed by atoms with Crippen molar-refractivity contribution in [2.45, 2.75) is 0 Å². The molecular weight excluding hydrogens is 311 g/mol. The van der Waals surface area contributed by atoms with Gasteiger partial charge >= 0.3 is 5.97 Å². The van der Waals surface area contributed by atoms with E-state index in [4.69, 9.17) is 5.73 Å². The number of nitrogens with zero attached hydrogens (tertiary/aromatic N) is 1. The maximum absolute atomic E-state index is 13.8. The van der Waals surface area contributed by atoms with Crippen molar-refractivity contribution in [1.29, 1.82) is 0 Å². The number of pyridine rings is 1. The van der Waals surface area contributed by atoms with Crippen LogP contribution in [0, 0.1) is 29.1 Å². The summed E-state index contributed by atoms with van der Waals surface area (Å²) in [5, 5.41) is 0. The SMILES string of the molecule is COC(=O)c1nc(N)ccc1-c1c(F)c(F)c(F)c(F)c1F. The lowest BCUT2D eigenvalue weighted by Gasteiger charge is -2.11. The molecule has 4 nitrogen and oxygen atoms in total. The molecule has 0 unspecified atom stereocenters. The lowest BCUT2D eigenvalue weighted by Crippen LogP contribution is -2.11. The molecule has 116 valence electrons. The Kier molecular flexibility index (Phi) is 3.98. The highest BCUT2D eigenvalue weighted by Gasteiger charge is 2.29. The Hall–Kier alpha value is -2.71. The van der Waals surface area contributed by atoms with Crippen LogP contribution in [0.15, 0.2) is 12.1 Å². The second-order valence-corrected chi connectivity index (χ2v) is 4.07. The summed E-state index contributed by atoms with van der Waals surface area (Å²) in [6.45, 7) is 0. The summed E-state index contributed by atoms with van der Waals surface area (Å²) in [5.74, 6) is -12.1. The van der Waals surface area contributed by atoms with Crippen molar-refractivity contribution in [3.63, 3.8) is 0 Å². The second-order valence-electron chi connectivity index (χ2n) is 4.07. The molecule has 0 atom stereocenters. The molecule has 0 bridgehead atoms. The number of methoxy groups -OCH3 is 1. The van der Waals surface area contributed by atoms with Gasteiger partial charge in [-0.1, -0.05) is 0 Å². The number of benzene rings is 1. The Morgan fingerprint density at radius 3 is 2.00 bits per heavy atom. The van der Waals surface area contributed by atoms with Crippen molar-refractivity contribution in [3.8, 4) is 11.1 Å². The number of nitrogen functional groups attached to an aromatic ring is 1. The van der Waals surface area contributed by atoms with E-state index >= 15 is 0 Å². The highest BCUT2D eigenvalue weighted by molar-refractivity contribution is 5.95. The summed E-state index contributed by atoms with van der Waals surface area (Å²) in [7, 11) is 0.954. The third-order valence-electron chi connectivity index (χ3n) is 2.77. The van der Waals surface area contributed by atoms with E-state index in [-0.39, 0.29) is 5.82 Å². The molecule has 0 radical (unpaired) electrons. The number of anilines is 1. The molecule has 0 saturated carbocycles. The monoisotopic (exact) mass is 318 g/mol. The summed E-state index contributed by atoms with van der Waals surface area (Å²) in [4.78, 5) is 15.1. The van der Waals surface area contributed by atoms with Gasteiger partial charge in [-0.2, -0.15) is 0 Å². The standard InChI is InChI=1S/C13H7F5N2O2/c1-22-13(21)12-4(2-3-5(19)20-12)6-7(14)9(16)11(18)10(17)8(6)15/h2-3H,1H3,(H2,19,20). The fourth-order valence-electron chi connectivity index (χ4n) is 1.77. The molecule has 2 N–H and O–H groups in total. The minimum Gasteiger partial charge on any atom is -0.464 e. The third kappa shape index (κ3) is 2.34. The van der Waals surface area contributed by atoms with Gasteiger partial charge in [0.1, 0.15) is 5.82 Å². The van der Waals surface area contributed by atoms with Crippen LogP contribution in [0.4, 0.5) is 27.8 Å². The average molecular weight is 318 g/mol. The van der Waals surface area contributed by atoms with E-state index in [1.807, 2.05) is 0 Å². The number of esters is 1. The van der Waals surface area contributed by atoms with E-state index in [1.54, 1.807) is 0 Å². The van der Waals surface area contributed by atoms with Crippen molar-refractivity contribution < 1.29 is 31.5 Å². The molecule has 9 heteroatoms. The molecule has 1 heterocycles. The van der Waals surface area contributed by atoms with Crippen LogP contribution in [0.3, 0.4) is 0 Å². The Balaban J connectivity index is 2.86. The Bertz CT molecular complexity index is 751. The zero-order valence-corrected chi connectivity index (χ0v) is 10.9. The van der Waals surface area contributed by atoms with Gasteiger partial charge in [-0.05, 0) is 12.1 Å². The number of hydrogen-bond donors (Lipinski definition) is 1. The van der Waals surface area contributed by atoms with E-state index in [2.05, 4.69) is 9.72 Å². The first-order valence-corrected chi connectivity index (χ1v) is 5.66. The van der Waals surface area contributed by atoms with Crippen LogP contribution in [0.2, 0.25) is 0 Å². The second kappa shape index (κ2) is 5.58. The maximum atomic E-state index is 13.8. The molecule has 0 aliphatic carbocycles. The molecule has 0 saturated heterocycles. The van der Waals surface area contributed by atoms with Gasteiger partial charge in [-0.3, -0.25) is 0 Å². The maximum Gasteiger partial charge on any atom is 0.357 e. The molecule has 2 rings (SSSR count). The first kappa shape index (κ1) is 15.7. The quantitative estimate of drug-likeness (QED) is 0.400. The number of aromatic nitrogens is 1. The van der Waals surface area contributed by atoms with E-state index in [9.17, 15) is 26.7 Å². The molecule has 2 aromatic rings. The van der Waals surface area contributed by atoms with Crippen molar-refractivity contribution in [2.75, 3.05) is 12.8 Å². The van der Waals surface area contributed by atoms with Gasteiger partial charge in [0, 0.05) is 5.56 Å². The minimum atomic E-state index is -2.30. The zero-order chi connectivity index (χ0) is 16.6. The first-order chi connectivity index (χ1) is 10.3. The van der Waals surface area contributed by atoms with Gasteiger partial charge in [0.05, 0.1) is 12.7 Å². The van der Waals surface area contributed by atoms with Crippen molar-refractivity contribution >= 4 is 11.8 Å². The van der Waals surface area contributed by atoms with Crippen LogP contribution in [0.1, 0.15) is 10.5 Å². The fourth-order valence-corrected chi connectivity index (χ4v) is 1.77. The number of hydrogen-bond acceptors (Lipinski definition) is 4. The fraction of sp³-hybridized carbons (Fsp3) is 0.0769. The summed E-state index contributed by atoms with van der Waals surface area (Å²) in [6, 6.07) is 1.95. The van der Waals surface area contributed by atoms with Gasteiger partial charge in [0.15, 0.2) is 29.0 Å². The molecule has 0 spiro atoms. The van der Waals surface area contributed by atoms with Crippen molar-refractivity contribution in [1.82, 2.24) is 4.98 Å². The van der Waals surface area contributed by atoms with Gasteiger partial charge < -0.3 is 10.5 Å². The Morgan fingerprint density at radius 2 is 1.50 bits per heavy atom. The summed E-state index contributed by atoms with van der Waals surface area (Å²) >= 11 is 0. The third-order valence-corrected chi connectivity index (χ3v) is 2.77. The van der Waals surface area contributed by atoms with Crippen LogP contribution < -0.4 is 5.73 Å².